The van der Waals surface area contributed by atoms with E-state index < -0.39 is 0 Å². The van der Waals surface area contributed by atoms with E-state index in [0.29, 0.717) is 83.1 Å². The summed E-state index contributed by atoms with van der Waals surface area (Å²) in [7, 11) is 0. The minimum Gasteiger partial charge on any atom is -0.399 e. The van der Waals surface area contributed by atoms with Gasteiger partial charge in [-0.3, -0.25) is 9.59 Å². The lowest BCUT2D eigenvalue weighted by Gasteiger charge is -2.13. The fourth-order valence-electron chi connectivity index (χ4n) is 4.12. The molecule has 0 spiro atoms. The van der Waals surface area contributed by atoms with Crippen LogP contribution in [0.5, 0.6) is 0 Å². The number of hydrazine groups is 1. The van der Waals surface area contributed by atoms with E-state index in [0.717, 1.165) is 0 Å². The summed E-state index contributed by atoms with van der Waals surface area (Å²) in [5, 5.41) is 12.4. The highest BCUT2D eigenvalue weighted by Gasteiger charge is 2.16. The van der Waals surface area contributed by atoms with Crippen LogP contribution in [0.1, 0.15) is 44.8 Å². The minimum atomic E-state index is -0.340. The van der Waals surface area contributed by atoms with Crippen LogP contribution in [0.15, 0.2) is 47.7 Å². The van der Waals surface area contributed by atoms with Gasteiger partial charge in [0.2, 0.25) is 5.95 Å². The van der Waals surface area contributed by atoms with Gasteiger partial charge in [0, 0.05) is 35.7 Å². The van der Waals surface area contributed by atoms with E-state index in [1.165, 1.54) is 0 Å². The molecule has 43 heavy (non-hydrogen) atoms. The lowest BCUT2D eigenvalue weighted by atomic mass is 10.0. The first-order valence-electron chi connectivity index (χ1n) is 13.1. The number of unbranched alkanes of at least 4 members (excludes halogenated alkanes) is 1. The highest BCUT2D eigenvalue weighted by molar-refractivity contribution is 6.09. The first-order chi connectivity index (χ1) is 20.7. The van der Waals surface area contributed by atoms with Crippen molar-refractivity contribution in [2.45, 2.75) is 19.4 Å². The monoisotopic (exact) mass is 587 g/mol. The third-order valence-corrected chi connectivity index (χ3v) is 6.25. The number of amidine groups is 1. The van der Waals surface area contributed by atoms with Crippen LogP contribution in [0.4, 0.5) is 28.8 Å². The Bertz CT molecular complexity index is 1670. The summed E-state index contributed by atoms with van der Waals surface area (Å²) >= 11 is 0. The summed E-state index contributed by atoms with van der Waals surface area (Å²) < 4.78 is 0. The lowest BCUT2D eigenvalue weighted by molar-refractivity contribution is 0.0940. The molecule has 17 heteroatoms. The molecule has 0 aliphatic heterocycles. The van der Waals surface area contributed by atoms with Gasteiger partial charge in [0.05, 0.1) is 29.6 Å². The Morgan fingerprint density at radius 1 is 0.837 bits per heavy atom. The van der Waals surface area contributed by atoms with Crippen molar-refractivity contribution >= 4 is 57.6 Å². The van der Waals surface area contributed by atoms with Crippen LogP contribution < -0.4 is 56.0 Å². The maximum Gasteiger partial charge on any atom is 0.253 e. The third-order valence-electron chi connectivity index (χ3n) is 6.25. The number of hydrogen-bond donors (Lipinski definition) is 10. The number of anilines is 5. The maximum absolute atomic E-state index is 12.7. The van der Waals surface area contributed by atoms with E-state index in [1.807, 2.05) is 0 Å². The van der Waals surface area contributed by atoms with Crippen molar-refractivity contribution < 1.29 is 9.59 Å². The molecular formula is C26H33N15O2. The third kappa shape index (κ3) is 7.41. The summed E-state index contributed by atoms with van der Waals surface area (Å²) in [5.41, 5.74) is 29.5. The van der Waals surface area contributed by atoms with Gasteiger partial charge in [0.25, 0.3) is 11.8 Å². The van der Waals surface area contributed by atoms with Crippen molar-refractivity contribution in [3.63, 3.8) is 0 Å². The van der Waals surface area contributed by atoms with Gasteiger partial charge in [-0.1, -0.05) is 0 Å². The van der Waals surface area contributed by atoms with E-state index in [4.69, 9.17) is 34.6 Å². The second-order valence-electron chi connectivity index (χ2n) is 9.30. The number of carbonyl (C=O) groups is 2. The molecule has 2 heterocycles. The molecule has 4 aromatic rings. The minimum absolute atomic E-state index is 0.0253. The maximum atomic E-state index is 12.7. The zero-order chi connectivity index (χ0) is 30.9. The van der Waals surface area contributed by atoms with Gasteiger partial charge >= 0.3 is 0 Å². The molecule has 2 aromatic carbocycles. The summed E-state index contributed by atoms with van der Waals surface area (Å²) in [4.78, 5) is 41.9. The number of amides is 2. The lowest BCUT2D eigenvalue weighted by Crippen LogP contribution is -2.35. The molecule has 0 saturated heterocycles. The topological polar surface area (TPSA) is 302 Å². The van der Waals surface area contributed by atoms with Gasteiger partial charge in [0.1, 0.15) is 0 Å². The standard InChI is InChI=1S/C26H33N15O2/c27-13-3-5-16(18(9-13)22(40-31)41-32)24(42)33-7-1-2-8-34-25(43)17-6-4-14(10-19(17)28)35-11-15-12-36-23-20(37-15)21(29)38-26(30)39-23/h3-6,9-10,12,35H,1-2,7-8,11,27-28,31-32H2,(H,33,42)(H,34,43)(H,40,41)(H4,29,30,36,38,39). The molecule has 4 rings (SSSR count). The molecule has 0 atom stereocenters. The quantitative estimate of drug-likeness (QED) is 0.0261. The van der Waals surface area contributed by atoms with Gasteiger partial charge in [-0.15, -0.1) is 0 Å². The molecule has 2 aromatic heterocycles. The number of aromatic nitrogens is 4. The van der Waals surface area contributed by atoms with E-state index in [2.05, 4.69) is 46.4 Å². The first kappa shape index (κ1) is 30.0. The molecule has 0 saturated carbocycles. The SMILES string of the molecule is NN=C(NN)c1cc(N)ccc1C(=O)NCCCCNC(=O)c1ccc(NCc2cnc3nc(N)nc(N)c3n2)cc1N. The molecular weight excluding hydrogens is 554 g/mol. The molecule has 0 aliphatic rings. The molecule has 2 amide bonds. The fourth-order valence-corrected chi connectivity index (χ4v) is 4.12. The molecule has 16 N–H and O–H groups in total. The molecule has 0 unspecified atom stereocenters. The van der Waals surface area contributed by atoms with Crippen LogP contribution in [-0.2, 0) is 6.54 Å². The van der Waals surface area contributed by atoms with E-state index in [1.54, 1.807) is 42.6 Å². The molecule has 17 nitrogen and oxygen atoms in total. The van der Waals surface area contributed by atoms with Gasteiger partial charge < -0.3 is 50.2 Å². The van der Waals surface area contributed by atoms with Crippen molar-refractivity contribution in [1.82, 2.24) is 36.0 Å². The molecule has 0 aliphatic carbocycles. The van der Waals surface area contributed by atoms with E-state index >= 15 is 0 Å². The number of rotatable bonds is 11. The number of nitrogens with two attached hydrogens (primary N) is 6. The van der Waals surface area contributed by atoms with Crippen molar-refractivity contribution in [2.75, 3.05) is 41.3 Å². The smallest absolute Gasteiger partial charge is 0.253 e. The van der Waals surface area contributed by atoms with Crippen LogP contribution in [-0.4, -0.2) is 50.7 Å². The Kier molecular flexibility index (Phi) is 9.48. The average molecular weight is 588 g/mol. The van der Waals surface area contributed by atoms with Crippen molar-refractivity contribution in [2.24, 2.45) is 16.8 Å². The summed E-state index contributed by atoms with van der Waals surface area (Å²) in [5.74, 6) is 10.4. The largest absolute Gasteiger partial charge is 0.399 e. The Morgan fingerprint density at radius 3 is 2.21 bits per heavy atom. The number of hydrazone groups is 1. The fraction of sp³-hybridized carbons (Fsp3) is 0.192. The highest BCUT2D eigenvalue weighted by Crippen LogP contribution is 2.20. The van der Waals surface area contributed by atoms with Crippen molar-refractivity contribution in [3.05, 3.63) is 65.0 Å². The van der Waals surface area contributed by atoms with Gasteiger partial charge in [-0.05, 0) is 49.2 Å². The number of carbonyl (C=O) groups excluding carboxylic acids is 2. The molecule has 224 valence electrons. The molecule has 0 fully saturated rings. The van der Waals surface area contributed by atoms with Crippen LogP contribution in [0.25, 0.3) is 11.2 Å². The predicted molar refractivity (Wildman–Crippen MR) is 165 cm³/mol. The predicted octanol–water partition coefficient (Wildman–Crippen LogP) is -0.616. The van der Waals surface area contributed by atoms with Crippen LogP contribution in [0, 0.1) is 0 Å². The summed E-state index contributed by atoms with van der Waals surface area (Å²) in [6.07, 6.45) is 2.79. The van der Waals surface area contributed by atoms with Crippen LogP contribution in [0.3, 0.4) is 0 Å². The number of benzene rings is 2. The second-order valence-corrected chi connectivity index (χ2v) is 9.30. The van der Waals surface area contributed by atoms with Gasteiger partial charge in [-0.2, -0.15) is 15.1 Å². The normalized spacial score (nSPS) is 11.2. The first-order valence-corrected chi connectivity index (χ1v) is 13.1. The van der Waals surface area contributed by atoms with Crippen molar-refractivity contribution in [3.8, 4) is 0 Å². The van der Waals surface area contributed by atoms with Gasteiger partial charge in [0.15, 0.2) is 22.8 Å². The van der Waals surface area contributed by atoms with E-state index in [-0.39, 0.29) is 29.4 Å². The zero-order valence-corrected chi connectivity index (χ0v) is 23.1. The summed E-state index contributed by atoms with van der Waals surface area (Å²) in [6, 6.07) is 9.73. The Labute approximate surface area is 245 Å². The number of hydrogen-bond acceptors (Lipinski definition) is 14. The number of nitrogens with one attached hydrogen (secondary N) is 4. The van der Waals surface area contributed by atoms with Crippen LogP contribution in [0.2, 0.25) is 0 Å². The average Bonchev–Trinajstić information content (AvgIpc) is 2.98. The Morgan fingerprint density at radius 2 is 1.53 bits per heavy atom. The highest BCUT2D eigenvalue weighted by atomic mass is 16.2. The second kappa shape index (κ2) is 13.6. The Balaban J connectivity index is 1.22. The number of nitrogens with zero attached hydrogens (tertiary/aromatic N) is 5. The molecule has 0 bridgehead atoms. The van der Waals surface area contributed by atoms with Gasteiger partial charge in [-0.25, -0.2) is 15.8 Å². The Hall–Kier alpha value is -5.97. The number of nitrogen functional groups attached to an aromatic ring is 4. The van der Waals surface area contributed by atoms with E-state index in [9.17, 15) is 9.59 Å². The van der Waals surface area contributed by atoms with Crippen LogP contribution >= 0.6 is 0 Å². The molecule has 0 radical (unpaired) electrons. The number of fused-ring (bicyclic) bond motifs is 1. The summed E-state index contributed by atoms with van der Waals surface area (Å²) in [6.45, 7) is 1.09. The van der Waals surface area contributed by atoms with Crippen molar-refractivity contribution in [1.29, 1.82) is 0 Å². The zero-order valence-electron chi connectivity index (χ0n) is 23.1.